The molecule has 0 aromatic heterocycles. The first-order chi connectivity index (χ1) is 33.8. The quantitative estimate of drug-likeness (QED) is 0.0261. The standard InChI is InChI=1S/C60H109NO8/c1-3-5-7-9-11-13-15-17-19-21-23-24-25-26-27-28-29-30-32-34-36-38-40-42-44-46-48-50-56(64)61-53(52-68-60-59(67)58(66)57(65)55(51-62)69-60)54(63)49-47-45-43-41-39-37-35-33-31-22-20-18-16-14-12-10-8-6-4-2/h15,17,21,23,25-26,39,41,47,49,53-55,57-60,62-63,65-67H,3-14,16,18-20,22,24,27-38,40,42-46,48,50-52H2,1-2H3,(H,61,64)/b17-15-,23-21-,26-25-,41-39+,49-47+. The second-order valence-corrected chi connectivity index (χ2v) is 20.1. The molecule has 1 saturated heterocycles. The fourth-order valence-electron chi connectivity index (χ4n) is 8.95. The lowest BCUT2D eigenvalue weighted by atomic mass is 9.99. The second-order valence-electron chi connectivity index (χ2n) is 20.1. The van der Waals surface area contributed by atoms with E-state index < -0.39 is 49.5 Å². The van der Waals surface area contributed by atoms with Crippen molar-refractivity contribution in [3.8, 4) is 0 Å². The van der Waals surface area contributed by atoms with Gasteiger partial charge in [-0.05, 0) is 70.6 Å². The van der Waals surface area contributed by atoms with Gasteiger partial charge in [-0.3, -0.25) is 4.79 Å². The largest absolute Gasteiger partial charge is 0.394 e. The molecule has 7 atom stereocenters. The lowest BCUT2D eigenvalue weighted by Gasteiger charge is -2.40. The van der Waals surface area contributed by atoms with E-state index in [0.717, 1.165) is 51.4 Å². The first-order valence-corrected chi connectivity index (χ1v) is 29.0. The van der Waals surface area contributed by atoms with Crippen molar-refractivity contribution in [2.75, 3.05) is 13.2 Å². The van der Waals surface area contributed by atoms with E-state index in [2.05, 4.69) is 67.8 Å². The summed E-state index contributed by atoms with van der Waals surface area (Å²) >= 11 is 0. The third kappa shape index (κ3) is 39.1. The SMILES string of the molecule is CCCCCCC/C=C\C/C=C\C/C=C\CCCCCCCCCCCCCCC(=O)NC(COC1OC(CO)C(O)C(O)C1O)C(O)/C=C/CC/C=C/CCCCCCCCCCCCCCC. The van der Waals surface area contributed by atoms with Gasteiger partial charge in [0.25, 0.3) is 0 Å². The van der Waals surface area contributed by atoms with Crippen molar-refractivity contribution >= 4 is 5.91 Å². The van der Waals surface area contributed by atoms with Crippen LogP contribution in [0.1, 0.15) is 258 Å². The molecule has 1 aliphatic heterocycles. The third-order valence-electron chi connectivity index (χ3n) is 13.6. The summed E-state index contributed by atoms with van der Waals surface area (Å²) in [7, 11) is 0. The van der Waals surface area contributed by atoms with Crippen molar-refractivity contribution in [3.05, 3.63) is 60.8 Å². The smallest absolute Gasteiger partial charge is 0.220 e. The highest BCUT2D eigenvalue weighted by Gasteiger charge is 2.44. The average Bonchev–Trinajstić information content (AvgIpc) is 3.35. The van der Waals surface area contributed by atoms with Crippen LogP contribution in [0.4, 0.5) is 0 Å². The summed E-state index contributed by atoms with van der Waals surface area (Å²) in [5.74, 6) is -0.188. The van der Waals surface area contributed by atoms with Crippen LogP contribution in [0.2, 0.25) is 0 Å². The van der Waals surface area contributed by atoms with Gasteiger partial charge in [0.15, 0.2) is 6.29 Å². The molecule has 1 amide bonds. The van der Waals surface area contributed by atoms with Gasteiger partial charge >= 0.3 is 0 Å². The van der Waals surface area contributed by atoms with Gasteiger partial charge in [-0.1, -0.05) is 242 Å². The van der Waals surface area contributed by atoms with Crippen LogP contribution in [0.15, 0.2) is 60.8 Å². The molecule has 9 heteroatoms. The predicted molar refractivity (Wildman–Crippen MR) is 290 cm³/mol. The Hall–Kier alpha value is -2.11. The number of carbonyl (C=O) groups is 1. The van der Waals surface area contributed by atoms with Crippen LogP contribution < -0.4 is 5.32 Å². The molecular formula is C60H109NO8. The maximum absolute atomic E-state index is 13.1. The molecule has 1 aliphatic rings. The molecule has 0 bridgehead atoms. The number of amides is 1. The molecular weight excluding hydrogens is 863 g/mol. The average molecular weight is 973 g/mol. The molecule has 1 fully saturated rings. The molecule has 0 aliphatic carbocycles. The van der Waals surface area contributed by atoms with Crippen LogP contribution >= 0.6 is 0 Å². The fraction of sp³-hybridized carbons (Fsp3) is 0.817. The topological polar surface area (TPSA) is 149 Å². The summed E-state index contributed by atoms with van der Waals surface area (Å²) < 4.78 is 11.3. The number of allylic oxidation sites excluding steroid dienone is 9. The summed E-state index contributed by atoms with van der Waals surface area (Å²) in [5.41, 5.74) is 0. The Morgan fingerprint density at radius 1 is 0.493 bits per heavy atom. The predicted octanol–water partition coefficient (Wildman–Crippen LogP) is 14.3. The lowest BCUT2D eigenvalue weighted by molar-refractivity contribution is -0.302. The fourth-order valence-corrected chi connectivity index (χ4v) is 8.95. The third-order valence-corrected chi connectivity index (χ3v) is 13.6. The Kier molecular flexibility index (Phi) is 46.5. The number of aliphatic hydroxyl groups is 5. The molecule has 1 heterocycles. The molecule has 0 radical (unpaired) electrons. The minimum absolute atomic E-state index is 0.188. The maximum atomic E-state index is 13.1. The first kappa shape index (κ1) is 64.9. The highest BCUT2D eigenvalue weighted by molar-refractivity contribution is 5.76. The van der Waals surface area contributed by atoms with Crippen LogP contribution in [0.5, 0.6) is 0 Å². The zero-order chi connectivity index (χ0) is 50.1. The van der Waals surface area contributed by atoms with Gasteiger partial charge in [0.2, 0.25) is 5.91 Å². The van der Waals surface area contributed by atoms with Gasteiger partial charge < -0.3 is 40.3 Å². The number of hydrogen-bond acceptors (Lipinski definition) is 8. The van der Waals surface area contributed by atoms with E-state index in [1.54, 1.807) is 6.08 Å². The van der Waals surface area contributed by atoms with Gasteiger partial charge in [0.05, 0.1) is 25.4 Å². The van der Waals surface area contributed by atoms with Gasteiger partial charge in [0, 0.05) is 6.42 Å². The monoisotopic (exact) mass is 972 g/mol. The molecule has 402 valence electrons. The highest BCUT2D eigenvalue weighted by atomic mass is 16.7. The van der Waals surface area contributed by atoms with Crippen molar-refractivity contribution < 1.29 is 39.8 Å². The van der Waals surface area contributed by atoms with E-state index in [-0.39, 0.29) is 12.5 Å². The Bertz CT molecular complexity index is 1270. The minimum atomic E-state index is -1.57. The number of nitrogens with one attached hydrogen (secondary N) is 1. The van der Waals surface area contributed by atoms with E-state index in [9.17, 15) is 30.3 Å². The second kappa shape index (κ2) is 49.5. The summed E-state index contributed by atoms with van der Waals surface area (Å²) in [6.45, 7) is 3.77. The Morgan fingerprint density at radius 2 is 0.870 bits per heavy atom. The van der Waals surface area contributed by atoms with Crippen molar-refractivity contribution in [2.24, 2.45) is 0 Å². The molecule has 0 aromatic rings. The first-order valence-electron chi connectivity index (χ1n) is 29.0. The zero-order valence-corrected chi connectivity index (χ0v) is 44.6. The van der Waals surface area contributed by atoms with Crippen LogP contribution in [-0.4, -0.2) is 87.5 Å². The summed E-state index contributed by atoms with van der Waals surface area (Å²) in [6.07, 6.45) is 60.0. The molecule has 0 spiro atoms. The Morgan fingerprint density at radius 3 is 1.32 bits per heavy atom. The van der Waals surface area contributed by atoms with E-state index in [0.29, 0.717) is 6.42 Å². The summed E-state index contributed by atoms with van der Waals surface area (Å²) in [5, 5.41) is 54.5. The van der Waals surface area contributed by atoms with E-state index in [4.69, 9.17) is 9.47 Å². The van der Waals surface area contributed by atoms with Gasteiger partial charge in [-0.25, -0.2) is 0 Å². The van der Waals surface area contributed by atoms with Crippen LogP contribution in [0.25, 0.3) is 0 Å². The minimum Gasteiger partial charge on any atom is -0.394 e. The molecule has 1 rings (SSSR count). The normalized spacial score (nSPS) is 19.9. The number of ether oxygens (including phenoxy) is 2. The zero-order valence-electron chi connectivity index (χ0n) is 44.6. The lowest BCUT2D eigenvalue weighted by Crippen LogP contribution is -2.60. The molecule has 6 N–H and O–H groups in total. The van der Waals surface area contributed by atoms with Crippen LogP contribution in [0, 0.1) is 0 Å². The van der Waals surface area contributed by atoms with Gasteiger partial charge in [0.1, 0.15) is 24.4 Å². The van der Waals surface area contributed by atoms with Gasteiger partial charge in [-0.2, -0.15) is 0 Å². The Balaban J connectivity index is 2.24. The van der Waals surface area contributed by atoms with E-state index in [1.165, 1.54) is 186 Å². The molecule has 7 unspecified atom stereocenters. The molecule has 0 aromatic carbocycles. The van der Waals surface area contributed by atoms with Crippen molar-refractivity contribution in [3.63, 3.8) is 0 Å². The summed E-state index contributed by atoms with van der Waals surface area (Å²) in [6, 6.07) is -0.825. The van der Waals surface area contributed by atoms with Crippen molar-refractivity contribution in [1.82, 2.24) is 5.32 Å². The number of rotatable bonds is 49. The van der Waals surface area contributed by atoms with Crippen LogP contribution in [-0.2, 0) is 14.3 Å². The van der Waals surface area contributed by atoms with Crippen molar-refractivity contribution in [1.29, 1.82) is 0 Å². The molecule has 69 heavy (non-hydrogen) atoms. The van der Waals surface area contributed by atoms with Crippen molar-refractivity contribution in [2.45, 2.75) is 301 Å². The molecule has 0 saturated carbocycles. The number of carbonyl (C=O) groups excluding carboxylic acids is 1. The van der Waals surface area contributed by atoms with Gasteiger partial charge in [-0.15, -0.1) is 0 Å². The number of aliphatic hydroxyl groups excluding tert-OH is 5. The Labute approximate surface area is 424 Å². The number of unbranched alkanes of at least 4 members (excludes halogenated alkanes) is 31. The maximum Gasteiger partial charge on any atom is 0.220 e. The van der Waals surface area contributed by atoms with E-state index in [1.807, 2.05) is 6.08 Å². The van der Waals surface area contributed by atoms with Crippen LogP contribution in [0.3, 0.4) is 0 Å². The molecule has 9 nitrogen and oxygen atoms in total. The summed E-state index contributed by atoms with van der Waals surface area (Å²) in [4.78, 5) is 13.1. The number of hydrogen-bond donors (Lipinski definition) is 6. The highest BCUT2D eigenvalue weighted by Crippen LogP contribution is 2.23. The van der Waals surface area contributed by atoms with E-state index >= 15 is 0 Å².